The van der Waals surface area contributed by atoms with E-state index in [0.717, 1.165) is 4.47 Å². The Morgan fingerprint density at radius 1 is 1.43 bits per heavy atom. The predicted octanol–water partition coefficient (Wildman–Crippen LogP) is 3.21. The van der Waals surface area contributed by atoms with Crippen molar-refractivity contribution in [1.82, 2.24) is 5.43 Å². The van der Waals surface area contributed by atoms with Gasteiger partial charge in [0.15, 0.2) is 0 Å². The molecular formula is C10H14BrIN2. The zero-order valence-corrected chi connectivity index (χ0v) is 12.0. The first-order valence-corrected chi connectivity index (χ1v) is 6.34. The first-order valence-electron chi connectivity index (χ1n) is 4.47. The number of halogens is 2. The molecule has 3 N–H and O–H groups in total. The molecule has 78 valence electrons. The lowest BCUT2D eigenvalue weighted by Crippen LogP contribution is -2.32. The number of hydrogen-bond acceptors (Lipinski definition) is 2. The second-order valence-electron chi connectivity index (χ2n) is 3.55. The van der Waals surface area contributed by atoms with Crippen LogP contribution in [0.25, 0.3) is 0 Å². The molecule has 1 aromatic rings. The van der Waals surface area contributed by atoms with Gasteiger partial charge in [-0.05, 0) is 52.3 Å². The molecule has 0 saturated carbocycles. The molecule has 0 aliphatic rings. The molecule has 14 heavy (non-hydrogen) atoms. The Hall–Kier alpha value is 0.350. The molecule has 1 atom stereocenters. The lowest BCUT2D eigenvalue weighted by Gasteiger charge is -2.21. The molecule has 1 unspecified atom stereocenters. The summed E-state index contributed by atoms with van der Waals surface area (Å²) in [6, 6.07) is 6.46. The van der Waals surface area contributed by atoms with Crippen LogP contribution in [0.4, 0.5) is 0 Å². The van der Waals surface area contributed by atoms with Crippen LogP contribution in [0.15, 0.2) is 22.7 Å². The number of hydrogen-bond donors (Lipinski definition) is 2. The summed E-state index contributed by atoms with van der Waals surface area (Å²) in [5.74, 6) is 6.03. The van der Waals surface area contributed by atoms with Crippen molar-refractivity contribution >= 4 is 38.5 Å². The Morgan fingerprint density at radius 2 is 2.07 bits per heavy atom. The molecule has 0 fully saturated rings. The topological polar surface area (TPSA) is 38.0 Å². The SMILES string of the molecule is CC(C)C(NN)c1cc(Br)ccc1I. The van der Waals surface area contributed by atoms with E-state index < -0.39 is 0 Å². The third-order valence-electron chi connectivity index (χ3n) is 2.14. The first kappa shape index (κ1) is 12.4. The number of benzene rings is 1. The number of hydrazine groups is 1. The number of nitrogens with one attached hydrogen (secondary N) is 1. The van der Waals surface area contributed by atoms with E-state index >= 15 is 0 Å². The summed E-state index contributed by atoms with van der Waals surface area (Å²) in [5, 5.41) is 0. The van der Waals surface area contributed by atoms with Gasteiger partial charge in [-0.25, -0.2) is 0 Å². The van der Waals surface area contributed by atoms with Crippen LogP contribution in [0.3, 0.4) is 0 Å². The third kappa shape index (κ3) is 2.92. The molecule has 1 aromatic carbocycles. The van der Waals surface area contributed by atoms with E-state index in [9.17, 15) is 0 Å². The summed E-state index contributed by atoms with van der Waals surface area (Å²) in [7, 11) is 0. The first-order chi connectivity index (χ1) is 6.56. The Balaban J connectivity index is 3.08. The molecule has 4 heteroatoms. The van der Waals surface area contributed by atoms with Crippen LogP contribution in [0, 0.1) is 9.49 Å². The monoisotopic (exact) mass is 368 g/mol. The van der Waals surface area contributed by atoms with Gasteiger partial charge in [0, 0.05) is 14.1 Å². The molecule has 0 spiro atoms. The number of nitrogens with two attached hydrogens (primary N) is 1. The van der Waals surface area contributed by atoms with Gasteiger partial charge in [0.2, 0.25) is 0 Å². The van der Waals surface area contributed by atoms with E-state index in [0.29, 0.717) is 5.92 Å². The van der Waals surface area contributed by atoms with Gasteiger partial charge in [0.25, 0.3) is 0 Å². The van der Waals surface area contributed by atoms with Gasteiger partial charge in [-0.3, -0.25) is 11.3 Å². The van der Waals surface area contributed by atoms with Gasteiger partial charge in [-0.2, -0.15) is 0 Å². The van der Waals surface area contributed by atoms with Crippen molar-refractivity contribution in [2.45, 2.75) is 19.9 Å². The van der Waals surface area contributed by atoms with Crippen molar-refractivity contribution in [3.05, 3.63) is 31.8 Å². The molecule has 0 saturated heterocycles. The maximum atomic E-state index is 5.56. The summed E-state index contributed by atoms with van der Waals surface area (Å²) < 4.78 is 2.33. The fourth-order valence-corrected chi connectivity index (χ4v) is 2.44. The third-order valence-corrected chi connectivity index (χ3v) is 3.61. The zero-order chi connectivity index (χ0) is 10.7. The summed E-state index contributed by atoms with van der Waals surface area (Å²) in [4.78, 5) is 0. The van der Waals surface area contributed by atoms with Crippen LogP contribution in [0.5, 0.6) is 0 Å². The zero-order valence-electron chi connectivity index (χ0n) is 8.22. The summed E-state index contributed by atoms with van der Waals surface area (Å²) in [6.07, 6.45) is 0. The molecule has 2 nitrogen and oxygen atoms in total. The molecule has 0 heterocycles. The molecule has 0 amide bonds. The minimum atomic E-state index is 0.208. The van der Waals surface area contributed by atoms with Crippen LogP contribution in [0.1, 0.15) is 25.5 Å². The molecule has 1 rings (SSSR count). The Morgan fingerprint density at radius 3 is 2.57 bits per heavy atom. The maximum Gasteiger partial charge on any atom is 0.0493 e. The Kier molecular flexibility index (Phi) is 4.82. The fraction of sp³-hybridized carbons (Fsp3) is 0.400. The lowest BCUT2D eigenvalue weighted by molar-refractivity contribution is 0.419. The normalized spacial score (nSPS) is 13.3. The fourth-order valence-electron chi connectivity index (χ4n) is 1.39. The minimum absolute atomic E-state index is 0.208. The van der Waals surface area contributed by atoms with Gasteiger partial charge in [0.05, 0.1) is 0 Å². The molecule has 0 radical (unpaired) electrons. The highest BCUT2D eigenvalue weighted by Crippen LogP contribution is 2.28. The summed E-state index contributed by atoms with van der Waals surface area (Å²) in [6.45, 7) is 4.31. The van der Waals surface area contributed by atoms with E-state index in [1.54, 1.807) is 0 Å². The van der Waals surface area contributed by atoms with Crippen LogP contribution < -0.4 is 11.3 Å². The van der Waals surface area contributed by atoms with E-state index in [2.05, 4.69) is 69.9 Å². The molecule has 0 aromatic heterocycles. The Labute approximate surface area is 107 Å². The molecule has 0 bridgehead atoms. The second kappa shape index (κ2) is 5.44. The Bertz CT molecular complexity index is 315. The van der Waals surface area contributed by atoms with Crippen molar-refractivity contribution in [3.8, 4) is 0 Å². The summed E-state index contributed by atoms with van der Waals surface area (Å²) >= 11 is 5.80. The largest absolute Gasteiger partial charge is 0.271 e. The second-order valence-corrected chi connectivity index (χ2v) is 5.63. The van der Waals surface area contributed by atoms with Crippen LogP contribution in [0.2, 0.25) is 0 Å². The van der Waals surface area contributed by atoms with Gasteiger partial charge in [0.1, 0.15) is 0 Å². The molecule has 0 aliphatic carbocycles. The van der Waals surface area contributed by atoms with Crippen molar-refractivity contribution in [2.24, 2.45) is 11.8 Å². The quantitative estimate of drug-likeness (QED) is 0.488. The highest BCUT2D eigenvalue weighted by Gasteiger charge is 2.16. The average Bonchev–Trinajstić information content (AvgIpc) is 2.11. The van der Waals surface area contributed by atoms with E-state index in [1.807, 2.05) is 6.07 Å². The predicted molar refractivity (Wildman–Crippen MR) is 71.8 cm³/mol. The van der Waals surface area contributed by atoms with Crippen LogP contribution in [-0.2, 0) is 0 Å². The summed E-state index contributed by atoms with van der Waals surface area (Å²) in [5.41, 5.74) is 4.11. The highest BCUT2D eigenvalue weighted by atomic mass is 127. The van der Waals surface area contributed by atoms with E-state index in [-0.39, 0.29) is 6.04 Å². The maximum absolute atomic E-state index is 5.56. The van der Waals surface area contributed by atoms with Gasteiger partial charge < -0.3 is 0 Å². The highest BCUT2D eigenvalue weighted by molar-refractivity contribution is 14.1. The van der Waals surface area contributed by atoms with Crippen LogP contribution >= 0.6 is 38.5 Å². The lowest BCUT2D eigenvalue weighted by atomic mass is 9.97. The molecular weight excluding hydrogens is 355 g/mol. The smallest absolute Gasteiger partial charge is 0.0493 e. The minimum Gasteiger partial charge on any atom is -0.271 e. The van der Waals surface area contributed by atoms with E-state index in [1.165, 1.54) is 9.13 Å². The number of rotatable bonds is 3. The standard InChI is InChI=1S/C10H14BrIN2/c1-6(2)10(14-13)8-5-7(11)3-4-9(8)12/h3-6,10,14H,13H2,1-2H3. The van der Waals surface area contributed by atoms with Gasteiger partial charge >= 0.3 is 0 Å². The molecule has 0 aliphatic heterocycles. The van der Waals surface area contributed by atoms with E-state index in [4.69, 9.17) is 5.84 Å². The van der Waals surface area contributed by atoms with Crippen molar-refractivity contribution in [3.63, 3.8) is 0 Å². The van der Waals surface area contributed by atoms with Gasteiger partial charge in [-0.15, -0.1) is 0 Å². The van der Waals surface area contributed by atoms with Crippen molar-refractivity contribution < 1.29 is 0 Å². The van der Waals surface area contributed by atoms with Crippen molar-refractivity contribution in [2.75, 3.05) is 0 Å². The van der Waals surface area contributed by atoms with Gasteiger partial charge in [-0.1, -0.05) is 29.8 Å². The van der Waals surface area contributed by atoms with Crippen molar-refractivity contribution in [1.29, 1.82) is 0 Å². The average molecular weight is 369 g/mol. The van der Waals surface area contributed by atoms with Crippen LogP contribution in [-0.4, -0.2) is 0 Å².